The molecule has 2 aromatic rings. The van der Waals surface area contributed by atoms with E-state index in [4.69, 9.17) is 4.74 Å². The monoisotopic (exact) mass is 439 g/mol. The minimum Gasteiger partial charge on any atom is -0.462 e. The van der Waals surface area contributed by atoms with E-state index < -0.39 is 23.6 Å². The van der Waals surface area contributed by atoms with Crippen LogP contribution in [-0.4, -0.2) is 60.5 Å². The first kappa shape index (κ1) is 24.5. The lowest BCUT2D eigenvalue weighted by Gasteiger charge is -2.25. The summed E-state index contributed by atoms with van der Waals surface area (Å²) in [5.41, 5.74) is 1.10. The molecule has 9 heteroatoms. The van der Waals surface area contributed by atoms with Gasteiger partial charge in [-0.15, -0.1) is 0 Å². The molecule has 1 heterocycles. The molecule has 0 atom stereocenters. The quantitative estimate of drug-likeness (QED) is 0.631. The highest BCUT2D eigenvalue weighted by molar-refractivity contribution is 6.00. The molecule has 0 aliphatic carbocycles. The molecule has 0 fully saturated rings. The first-order valence-corrected chi connectivity index (χ1v) is 9.92. The van der Waals surface area contributed by atoms with Crippen LogP contribution in [0.2, 0.25) is 0 Å². The van der Waals surface area contributed by atoms with Gasteiger partial charge in [0, 0.05) is 25.3 Å². The Balaban J connectivity index is 2.37. The van der Waals surface area contributed by atoms with Crippen molar-refractivity contribution < 1.29 is 27.5 Å². The van der Waals surface area contributed by atoms with Crippen LogP contribution in [0.25, 0.3) is 0 Å². The van der Waals surface area contributed by atoms with E-state index in [1.165, 1.54) is 11.0 Å². The fourth-order valence-electron chi connectivity index (χ4n) is 3.27. The zero-order valence-corrected chi connectivity index (χ0v) is 18.4. The van der Waals surface area contributed by atoms with Crippen LogP contribution in [-0.2, 0) is 17.5 Å². The first-order valence-electron chi connectivity index (χ1n) is 9.92. The van der Waals surface area contributed by atoms with Crippen LogP contribution < -0.4 is 0 Å². The number of amides is 1. The summed E-state index contributed by atoms with van der Waals surface area (Å²) in [6.45, 7) is 6.05. The molecule has 1 aromatic heterocycles. The van der Waals surface area contributed by atoms with Crippen LogP contribution in [0.4, 0.5) is 13.2 Å². The summed E-state index contributed by atoms with van der Waals surface area (Å²) < 4.78 is 44.3. The number of nitrogens with one attached hydrogen (secondary N) is 1. The molecule has 0 saturated carbocycles. The maximum Gasteiger partial charge on any atom is 0.416 e. The molecule has 1 N–H and O–H groups in total. The smallest absolute Gasteiger partial charge is 0.416 e. The predicted molar refractivity (Wildman–Crippen MR) is 111 cm³/mol. The Morgan fingerprint density at radius 2 is 1.81 bits per heavy atom. The van der Waals surface area contributed by atoms with Gasteiger partial charge in [-0.05, 0) is 58.1 Å². The Bertz CT molecular complexity index is 936. The summed E-state index contributed by atoms with van der Waals surface area (Å²) in [6, 6.07) is 4.93. The average molecular weight is 439 g/mol. The van der Waals surface area contributed by atoms with E-state index in [0.29, 0.717) is 35.5 Å². The van der Waals surface area contributed by atoms with Gasteiger partial charge in [0.25, 0.3) is 5.91 Å². The maximum atomic E-state index is 13.3. The number of carbonyl (C=O) groups excluding carboxylic acids is 2. The number of carbonyl (C=O) groups is 2. The molecule has 6 nitrogen and oxygen atoms in total. The molecule has 0 unspecified atom stereocenters. The predicted octanol–water partition coefficient (Wildman–Crippen LogP) is 4.03. The second kappa shape index (κ2) is 10.00. The molecule has 0 saturated heterocycles. The molecule has 0 aliphatic heterocycles. The van der Waals surface area contributed by atoms with E-state index in [-0.39, 0.29) is 18.8 Å². The number of alkyl halides is 3. The Hall–Kier alpha value is -2.81. The third-order valence-corrected chi connectivity index (χ3v) is 4.86. The summed E-state index contributed by atoms with van der Waals surface area (Å²) in [7, 11) is 3.69. The highest BCUT2D eigenvalue weighted by Crippen LogP contribution is 2.30. The summed E-state index contributed by atoms with van der Waals surface area (Å²) >= 11 is 0. The van der Waals surface area contributed by atoms with Gasteiger partial charge in [-0.3, -0.25) is 4.79 Å². The highest BCUT2D eigenvalue weighted by Gasteiger charge is 2.31. The van der Waals surface area contributed by atoms with Crippen molar-refractivity contribution in [1.29, 1.82) is 0 Å². The van der Waals surface area contributed by atoms with Crippen molar-refractivity contribution in [3.05, 3.63) is 57.9 Å². The normalized spacial score (nSPS) is 11.6. The third-order valence-electron chi connectivity index (χ3n) is 4.86. The molecule has 1 amide bonds. The molecule has 2 rings (SSSR count). The van der Waals surface area contributed by atoms with Crippen LogP contribution in [0.15, 0.2) is 24.3 Å². The lowest BCUT2D eigenvalue weighted by Crippen LogP contribution is -2.36. The number of hydrogen-bond donors (Lipinski definition) is 1. The number of rotatable bonds is 8. The van der Waals surface area contributed by atoms with E-state index in [1.54, 1.807) is 26.8 Å². The average Bonchev–Trinajstić information content (AvgIpc) is 2.98. The minimum atomic E-state index is -4.46. The lowest BCUT2D eigenvalue weighted by atomic mass is 10.1. The minimum absolute atomic E-state index is 0.00282. The van der Waals surface area contributed by atoms with E-state index in [0.717, 1.165) is 12.1 Å². The van der Waals surface area contributed by atoms with E-state index in [2.05, 4.69) is 4.98 Å². The van der Waals surface area contributed by atoms with Crippen molar-refractivity contribution in [2.75, 3.05) is 33.8 Å². The van der Waals surface area contributed by atoms with Crippen molar-refractivity contribution in [3.8, 4) is 0 Å². The third kappa shape index (κ3) is 6.10. The molecule has 31 heavy (non-hydrogen) atoms. The van der Waals surface area contributed by atoms with Gasteiger partial charge in [0.1, 0.15) is 5.69 Å². The molecular formula is C22H28F3N3O3. The van der Waals surface area contributed by atoms with E-state index in [1.807, 2.05) is 19.0 Å². The number of hydrogen-bond acceptors (Lipinski definition) is 4. The van der Waals surface area contributed by atoms with Gasteiger partial charge in [0.05, 0.1) is 17.7 Å². The number of likely N-dealkylation sites (N-methyl/N-ethyl adjacent to an activating group) is 1. The zero-order chi connectivity index (χ0) is 23.3. The Labute approximate surface area is 180 Å². The van der Waals surface area contributed by atoms with Crippen molar-refractivity contribution in [1.82, 2.24) is 14.8 Å². The zero-order valence-electron chi connectivity index (χ0n) is 18.4. The standard InChI is InChI=1S/C22H28F3N3O3/c1-6-31-21(30)18-14(2)19(26-15(18)3)20(29)28(11-10-27(4)5)13-16-8-7-9-17(12-16)22(23,24)25/h7-9,12,26H,6,10-11,13H2,1-5H3. The number of ether oxygens (including phenoxy) is 1. The number of H-pyrrole nitrogens is 1. The van der Waals surface area contributed by atoms with Gasteiger partial charge in [-0.25, -0.2) is 4.79 Å². The van der Waals surface area contributed by atoms with Crippen molar-refractivity contribution in [3.63, 3.8) is 0 Å². The largest absolute Gasteiger partial charge is 0.462 e. The number of nitrogens with zero attached hydrogens (tertiary/aromatic N) is 2. The van der Waals surface area contributed by atoms with Gasteiger partial charge < -0.3 is 19.5 Å². The van der Waals surface area contributed by atoms with Gasteiger partial charge in [-0.1, -0.05) is 12.1 Å². The Kier molecular flexibility index (Phi) is 7.89. The number of aromatic nitrogens is 1. The fourth-order valence-corrected chi connectivity index (χ4v) is 3.27. The van der Waals surface area contributed by atoms with Gasteiger partial charge in [0.15, 0.2) is 0 Å². The molecule has 0 radical (unpaired) electrons. The van der Waals surface area contributed by atoms with Gasteiger partial charge in [-0.2, -0.15) is 13.2 Å². The summed E-state index contributed by atoms with van der Waals surface area (Å²) in [5.74, 6) is -0.916. The molecule has 170 valence electrons. The maximum absolute atomic E-state index is 13.3. The number of benzene rings is 1. The second-order valence-electron chi connectivity index (χ2n) is 7.57. The SMILES string of the molecule is CCOC(=O)c1c(C)[nH]c(C(=O)N(CCN(C)C)Cc2cccc(C(F)(F)F)c2)c1C. The summed E-state index contributed by atoms with van der Waals surface area (Å²) in [4.78, 5) is 31.9. The molecule has 1 aromatic carbocycles. The lowest BCUT2D eigenvalue weighted by molar-refractivity contribution is -0.137. The fraction of sp³-hybridized carbons (Fsp3) is 0.455. The van der Waals surface area contributed by atoms with Crippen LogP contribution in [0, 0.1) is 13.8 Å². The van der Waals surface area contributed by atoms with Crippen LogP contribution in [0.3, 0.4) is 0 Å². The van der Waals surface area contributed by atoms with E-state index >= 15 is 0 Å². The van der Waals surface area contributed by atoms with Crippen LogP contribution >= 0.6 is 0 Å². The Morgan fingerprint density at radius 3 is 2.39 bits per heavy atom. The molecule has 0 bridgehead atoms. The number of halogens is 3. The van der Waals surface area contributed by atoms with Gasteiger partial charge >= 0.3 is 12.1 Å². The second-order valence-corrected chi connectivity index (χ2v) is 7.57. The van der Waals surface area contributed by atoms with Gasteiger partial charge in [0.2, 0.25) is 0 Å². The summed E-state index contributed by atoms with van der Waals surface area (Å²) in [5, 5.41) is 0. The summed E-state index contributed by atoms with van der Waals surface area (Å²) in [6.07, 6.45) is -4.46. The molecular weight excluding hydrogens is 411 g/mol. The van der Waals surface area contributed by atoms with Crippen LogP contribution in [0.5, 0.6) is 0 Å². The van der Waals surface area contributed by atoms with Crippen molar-refractivity contribution in [2.24, 2.45) is 0 Å². The van der Waals surface area contributed by atoms with Crippen molar-refractivity contribution >= 4 is 11.9 Å². The number of aryl methyl sites for hydroxylation is 1. The van der Waals surface area contributed by atoms with Crippen molar-refractivity contribution in [2.45, 2.75) is 33.5 Å². The van der Waals surface area contributed by atoms with Crippen LogP contribution in [0.1, 0.15) is 50.2 Å². The number of esters is 1. The molecule has 0 aliphatic rings. The molecule has 0 spiro atoms. The topological polar surface area (TPSA) is 65.6 Å². The number of aromatic amines is 1. The highest BCUT2D eigenvalue weighted by atomic mass is 19.4. The Morgan fingerprint density at radius 1 is 1.13 bits per heavy atom. The first-order chi connectivity index (χ1) is 14.5. The van der Waals surface area contributed by atoms with E-state index in [9.17, 15) is 22.8 Å².